The summed E-state index contributed by atoms with van der Waals surface area (Å²) >= 11 is 0. The zero-order chi connectivity index (χ0) is 30.9. The van der Waals surface area contributed by atoms with Crippen molar-refractivity contribution in [2.24, 2.45) is 5.73 Å². The normalized spacial score (nSPS) is 17.7. The van der Waals surface area contributed by atoms with E-state index in [1.807, 2.05) is 0 Å². The Balaban J connectivity index is 1.66. The van der Waals surface area contributed by atoms with Crippen molar-refractivity contribution in [2.75, 3.05) is 23.5 Å². The summed E-state index contributed by atoms with van der Waals surface area (Å²) in [4.78, 5) is 40.0. The molecule has 0 aliphatic carbocycles. The number of nitrogens with zero attached hydrogens (tertiary/aromatic N) is 4. The van der Waals surface area contributed by atoms with E-state index < -0.39 is 87.4 Å². The van der Waals surface area contributed by atoms with E-state index in [1.54, 1.807) is 0 Å². The molecule has 222 valence electrons. The number of ether oxygens (including phenoxy) is 1. The molecular formula is C25H25N5O12. The summed E-state index contributed by atoms with van der Waals surface area (Å²) in [5.74, 6) is -13.6. The number of phenolic OH excluding ortho intramolecular Hbond substituents is 4. The van der Waals surface area contributed by atoms with Crippen molar-refractivity contribution >= 4 is 29.1 Å². The lowest BCUT2D eigenvalue weighted by atomic mass is 9.96. The van der Waals surface area contributed by atoms with Crippen LogP contribution in [0.3, 0.4) is 0 Å². The van der Waals surface area contributed by atoms with Crippen LogP contribution in [-0.2, 0) is 10.6 Å². The third kappa shape index (κ3) is 4.10. The number of hydrogen-bond acceptors (Lipinski definition) is 13. The minimum Gasteiger partial charge on any atom is -0.503 e. The number of aliphatic hydroxyl groups is 4. The van der Waals surface area contributed by atoms with Gasteiger partial charge in [-0.2, -0.15) is 5.10 Å². The molecule has 2 aliphatic heterocycles. The molecule has 3 amide bonds. The van der Waals surface area contributed by atoms with Gasteiger partial charge in [-0.1, -0.05) is 0 Å². The van der Waals surface area contributed by atoms with Crippen molar-refractivity contribution in [1.29, 1.82) is 0 Å². The van der Waals surface area contributed by atoms with E-state index in [-0.39, 0.29) is 30.6 Å². The fourth-order valence-electron chi connectivity index (χ4n) is 5.13. The van der Waals surface area contributed by atoms with Crippen LogP contribution in [0.1, 0.15) is 45.8 Å². The highest BCUT2D eigenvalue weighted by Gasteiger charge is 2.49. The Hall–Kier alpha value is -5.10. The Kier molecular flexibility index (Phi) is 6.42. The first-order valence-corrected chi connectivity index (χ1v) is 12.2. The summed E-state index contributed by atoms with van der Waals surface area (Å²) in [5.41, 5.74) is 2.08. The largest absolute Gasteiger partial charge is 0.503 e. The minimum atomic E-state index is -3.00. The maximum absolute atomic E-state index is 13.8. The van der Waals surface area contributed by atoms with Gasteiger partial charge in [0.1, 0.15) is 5.69 Å². The van der Waals surface area contributed by atoms with Crippen molar-refractivity contribution in [3.8, 4) is 34.4 Å². The summed E-state index contributed by atoms with van der Waals surface area (Å²) in [6.07, 6.45) is 0.224. The predicted octanol–water partition coefficient (Wildman–Crippen LogP) is -1.24. The Bertz CT molecular complexity index is 1620. The number of fused-ring (bicyclic) bond motifs is 1. The number of β-amino-alcohol motifs (C(OH)–C–C–N with tert-alkyl or cyclic N) is 2. The van der Waals surface area contributed by atoms with Gasteiger partial charge in [0.2, 0.25) is 28.9 Å². The Morgan fingerprint density at radius 1 is 0.952 bits per heavy atom. The van der Waals surface area contributed by atoms with Crippen LogP contribution >= 0.6 is 0 Å². The van der Waals surface area contributed by atoms with E-state index in [0.29, 0.717) is 4.68 Å². The number of piperidine rings is 1. The van der Waals surface area contributed by atoms with E-state index in [0.717, 1.165) is 16.9 Å². The molecule has 2 aromatic carbocycles. The van der Waals surface area contributed by atoms with Crippen LogP contribution in [0.5, 0.6) is 28.7 Å². The first-order valence-electron chi connectivity index (χ1n) is 12.2. The number of amides is 3. The molecule has 10 N–H and O–H groups in total. The smallest absolute Gasteiger partial charge is 0.277 e. The molecule has 5 rings (SSSR count). The van der Waals surface area contributed by atoms with Gasteiger partial charge in [-0.25, -0.2) is 4.68 Å². The van der Waals surface area contributed by atoms with E-state index in [2.05, 4.69) is 5.10 Å². The molecule has 42 heavy (non-hydrogen) atoms. The van der Waals surface area contributed by atoms with Crippen LogP contribution in [0.15, 0.2) is 24.3 Å². The summed E-state index contributed by atoms with van der Waals surface area (Å²) in [5, 5.41) is 88.3. The third-order valence-corrected chi connectivity index (χ3v) is 7.02. The van der Waals surface area contributed by atoms with Crippen LogP contribution in [-0.4, -0.2) is 87.9 Å². The maximum Gasteiger partial charge on any atom is 0.277 e. The Morgan fingerprint density at radius 2 is 1.52 bits per heavy atom. The minimum absolute atomic E-state index is 0.00458. The molecule has 17 heteroatoms. The number of methoxy groups -OCH3 is 1. The summed E-state index contributed by atoms with van der Waals surface area (Å²) in [6, 6.07) is 5.09. The van der Waals surface area contributed by atoms with Gasteiger partial charge < -0.3 is 56.2 Å². The first-order chi connectivity index (χ1) is 19.6. The van der Waals surface area contributed by atoms with E-state index in [4.69, 9.17) is 10.5 Å². The molecule has 1 saturated heterocycles. The predicted molar refractivity (Wildman–Crippen MR) is 138 cm³/mol. The molecule has 17 nitrogen and oxygen atoms in total. The first kappa shape index (κ1) is 28.4. The van der Waals surface area contributed by atoms with Gasteiger partial charge in [-0.15, -0.1) is 0 Å². The second-order valence-electron chi connectivity index (χ2n) is 9.71. The van der Waals surface area contributed by atoms with Crippen LogP contribution in [0.4, 0.5) is 11.4 Å². The lowest BCUT2D eigenvalue weighted by molar-refractivity contribution is -0.180. The molecule has 1 fully saturated rings. The number of carbonyl (C=O) groups is 3. The van der Waals surface area contributed by atoms with Gasteiger partial charge in [0.25, 0.3) is 17.7 Å². The second-order valence-corrected chi connectivity index (χ2v) is 9.71. The number of hydrogen-bond donors (Lipinski definition) is 9. The lowest BCUT2D eigenvalue weighted by Gasteiger charge is -2.39. The molecular weight excluding hydrogens is 562 g/mol. The number of nitrogens with two attached hydrogens (primary N) is 1. The molecule has 0 saturated carbocycles. The molecule has 0 atom stereocenters. The average molecular weight is 587 g/mol. The van der Waals surface area contributed by atoms with Crippen molar-refractivity contribution in [3.05, 3.63) is 41.2 Å². The quantitative estimate of drug-likeness (QED) is 0.0960. The monoisotopic (exact) mass is 587 g/mol. The summed E-state index contributed by atoms with van der Waals surface area (Å²) in [7, 11) is 1.01. The van der Waals surface area contributed by atoms with Crippen LogP contribution in [0.25, 0.3) is 5.69 Å². The number of benzene rings is 2. The molecule has 2 aliphatic rings. The number of aromatic nitrogens is 2. The molecule has 0 radical (unpaired) electrons. The number of rotatable bonds is 5. The molecule has 3 aromatic rings. The van der Waals surface area contributed by atoms with Gasteiger partial charge in [-0.3, -0.25) is 19.3 Å². The molecule has 1 aromatic heterocycles. The number of phenols is 4. The highest BCUT2D eigenvalue weighted by molar-refractivity contribution is 6.10. The highest BCUT2D eigenvalue weighted by Crippen LogP contribution is 2.53. The van der Waals surface area contributed by atoms with Crippen LogP contribution in [0.2, 0.25) is 0 Å². The SMILES string of the molecule is COc1c(O)c(O)c(-n2nc(C(N)=O)c3c2C(=O)N(c2ccc(N4C(=O)CCCC4(O)O)cc2)CC3(O)O)c(O)c1O. The zero-order valence-electron chi connectivity index (χ0n) is 21.7. The van der Waals surface area contributed by atoms with E-state index in [1.165, 1.54) is 24.3 Å². The van der Waals surface area contributed by atoms with Crippen LogP contribution < -0.4 is 20.3 Å². The van der Waals surface area contributed by atoms with Crippen molar-refractivity contribution in [2.45, 2.75) is 31.0 Å². The number of aromatic hydroxyl groups is 4. The lowest BCUT2D eigenvalue weighted by Crippen LogP contribution is -2.55. The summed E-state index contributed by atoms with van der Waals surface area (Å²) < 4.78 is 5.16. The fourth-order valence-corrected chi connectivity index (χ4v) is 5.13. The van der Waals surface area contributed by atoms with Gasteiger partial charge in [0.05, 0.1) is 19.2 Å². The third-order valence-electron chi connectivity index (χ3n) is 7.02. The van der Waals surface area contributed by atoms with Crippen LogP contribution in [0, 0.1) is 0 Å². The van der Waals surface area contributed by atoms with Gasteiger partial charge in [-0.05, 0) is 30.7 Å². The van der Waals surface area contributed by atoms with Gasteiger partial charge >= 0.3 is 0 Å². The number of primary amides is 1. The maximum atomic E-state index is 13.8. The van der Waals surface area contributed by atoms with Crippen molar-refractivity contribution < 1.29 is 60.0 Å². The topological polar surface area (TPSA) is 273 Å². The highest BCUT2D eigenvalue weighted by atomic mass is 16.5. The van der Waals surface area contributed by atoms with E-state index in [9.17, 15) is 55.2 Å². The molecule has 0 spiro atoms. The number of carbonyl (C=O) groups excluding carboxylic acids is 3. The molecule has 0 bridgehead atoms. The van der Waals surface area contributed by atoms with E-state index >= 15 is 0 Å². The number of anilines is 2. The Labute approximate surface area is 235 Å². The standard InChI is InChI=1S/C25H25N5O12/c1-42-21-19(34)17(32)16(18(33)20(21)35)30-15-13(14(27-30)22(26)36)24(38,39)9-28(23(15)37)10-4-6-11(7-5-10)29-12(31)3-2-8-25(29,40)41/h4-7,32-35,38-41H,2-3,8-9H2,1H3,(H2,26,36). The molecule has 0 unspecified atom stereocenters. The zero-order valence-corrected chi connectivity index (χ0v) is 21.7. The van der Waals surface area contributed by atoms with Crippen molar-refractivity contribution in [1.82, 2.24) is 9.78 Å². The van der Waals surface area contributed by atoms with Gasteiger partial charge in [0.15, 0.2) is 22.9 Å². The fraction of sp³-hybridized carbons (Fsp3) is 0.280. The molecule has 3 heterocycles. The second kappa shape index (κ2) is 9.48. The van der Waals surface area contributed by atoms with Gasteiger partial charge in [0, 0.05) is 24.2 Å². The Morgan fingerprint density at radius 3 is 2.05 bits per heavy atom. The van der Waals surface area contributed by atoms with Crippen molar-refractivity contribution in [3.63, 3.8) is 0 Å². The average Bonchev–Trinajstić information content (AvgIpc) is 3.32. The summed E-state index contributed by atoms with van der Waals surface area (Å²) in [6.45, 7) is -0.881.